The lowest BCUT2D eigenvalue weighted by atomic mass is 9.86. The normalized spacial score (nSPS) is 16.7. The molecule has 3 heterocycles. The minimum absolute atomic E-state index is 0.00377. The Morgan fingerprint density at radius 3 is 2.62 bits per heavy atom. The molecular formula is C27H29N3O3S. The molecule has 1 saturated heterocycles. The molecule has 2 aliphatic rings. The van der Waals surface area contributed by atoms with Crippen LogP contribution in [0.5, 0.6) is 5.75 Å². The maximum absolute atomic E-state index is 12.9. The Bertz CT molecular complexity index is 1140. The van der Waals surface area contributed by atoms with Crippen molar-refractivity contribution in [1.29, 1.82) is 0 Å². The van der Waals surface area contributed by atoms with E-state index in [1.165, 1.54) is 0 Å². The van der Waals surface area contributed by atoms with Gasteiger partial charge in [-0.1, -0.05) is 36.4 Å². The number of carbonyl (C=O) groups excluding carboxylic acids is 2. The number of rotatable bonds is 7. The summed E-state index contributed by atoms with van der Waals surface area (Å²) in [5, 5.41) is 5.10. The van der Waals surface area contributed by atoms with Gasteiger partial charge in [0.25, 0.3) is 11.8 Å². The van der Waals surface area contributed by atoms with Gasteiger partial charge in [0, 0.05) is 23.5 Å². The van der Waals surface area contributed by atoms with Crippen molar-refractivity contribution in [3.8, 4) is 5.75 Å². The molecule has 0 bridgehead atoms. The molecule has 0 radical (unpaired) electrons. The molecule has 2 amide bonds. The van der Waals surface area contributed by atoms with Crippen LogP contribution in [0.15, 0.2) is 66.0 Å². The number of fused-ring (bicyclic) bond motifs is 1. The number of hydrogen-bond acceptors (Lipinski definition) is 5. The number of nitrogens with zero attached hydrogens (tertiary/aromatic N) is 2. The summed E-state index contributed by atoms with van der Waals surface area (Å²) in [5.74, 6) is 1.15. The van der Waals surface area contributed by atoms with Crippen LogP contribution in [0.25, 0.3) is 0 Å². The van der Waals surface area contributed by atoms with Gasteiger partial charge < -0.3 is 19.9 Å². The number of para-hydroxylation sites is 2. The fourth-order valence-electron chi connectivity index (χ4n) is 4.84. The van der Waals surface area contributed by atoms with Crippen LogP contribution in [0, 0.1) is 0 Å². The maximum Gasteiger partial charge on any atom is 0.265 e. The van der Waals surface area contributed by atoms with Gasteiger partial charge in [-0.3, -0.25) is 9.59 Å². The van der Waals surface area contributed by atoms with E-state index in [0.29, 0.717) is 19.0 Å². The van der Waals surface area contributed by atoms with Crippen LogP contribution in [-0.4, -0.2) is 49.5 Å². The number of nitrogens with one attached hydrogen (secondary N) is 1. The van der Waals surface area contributed by atoms with Gasteiger partial charge in [-0.15, -0.1) is 11.3 Å². The zero-order valence-corrected chi connectivity index (χ0v) is 19.9. The third kappa shape index (κ3) is 5.00. The molecule has 5 rings (SSSR count). The number of hydrogen-bond donors (Lipinski definition) is 1. The topological polar surface area (TPSA) is 61.9 Å². The summed E-state index contributed by atoms with van der Waals surface area (Å²) in [7, 11) is 0. The third-order valence-electron chi connectivity index (χ3n) is 6.68. The number of amides is 2. The van der Waals surface area contributed by atoms with Gasteiger partial charge in [0.1, 0.15) is 5.75 Å². The minimum Gasteiger partial charge on any atom is -0.482 e. The highest BCUT2D eigenvalue weighted by Gasteiger charge is 2.28. The lowest BCUT2D eigenvalue weighted by Gasteiger charge is -2.35. The molecule has 34 heavy (non-hydrogen) atoms. The van der Waals surface area contributed by atoms with Crippen LogP contribution in [-0.2, 0) is 11.3 Å². The van der Waals surface area contributed by atoms with Crippen molar-refractivity contribution in [2.45, 2.75) is 25.3 Å². The Balaban J connectivity index is 1.17. The van der Waals surface area contributed by atoms with E-state index in [9.17, 15) is 9.59 Å². The Hall–Kier alpha value is -3.16. The Morgan fingerprint density at radius 1 is 1.00 bits per heavy atom. The van der Waals surface area contributed by atoms with Crippen molar-refractivity contribution < 1.29 is 14.3 Å². The molecule has 0 spiro atoms. The van der Waals surface area contributed by atoms with E-state index in [-0.39, 0.29) is 18.4 Å². The van der Waals surface area contributed by atoms with Crippen molar-refractivity contribution >= 4 is 28.8 Å². The monoisotopic (exact) mass is 475 g/mol. The highest BCUT2D eigenvalue weighted by atomic mass is 32.1. The van der Waals surface area contributed by atoms with Crippen molar-refractivity contribution in [2.24, 2.45) is 0 Å². The second-order valence-corrected chi connectivity index (χ2v) is 9.80. The van der Waals surface area contributed by atoms with Crippen LogP contribution in [0.1, 0.15) is 39.6 Å². The molecule has 176 valence electrons. The lowest BCUT2D eigenvalue weighted by molar-refractivity contribution is -0.121. The van der Waals surface area contributed by atoms with Crippen molar-refractivity contribution in [3.05, 3.63) is 82.0 Å². The SMILES string of the molecule is O=C(NCc1cccs1)c1ccccc1C1CCN(CCN2C(=O)COc3ccccc32)CC1. The van der Waals surface area contributed by atoms with Crippen LogP contribution >= 0.6 is 11.3 Å². The number of likely N-dealkylation sites (tertiary alicyclic amines) is 1. The Kier molecular flexibility index (Phi) is 6.92. The first kappa shape index (κ1) is 22.6. The minimum atomic E-state index is -0.00377. The van der Waals surface area contributed by atoms with Gasteiger partial charge in [0.15, 0.2) is 6.61 Å². The van der Waals surface area contributed by atoms with Crippen molar-refractivity contribution in [3.63, 3.8) is 0 Å². The quantitative estimate of drug-likeness (QED) is 0.554. The zero-order chi connectivity index (χ0) is 23.3. The Morgan fingerprint density at radius 2 is 1.79 bits per heavy atom. The summed E-state index contributed by atoms with van der Waals surface area (Å²) >= 11 is 1.65. The summed E-state index contributed by atoms with van der Waals surface area (Å²) < 4.78 is 5.55. The Labute approximate surface area is 204 Å². The molecular weight excluding hydrogens is 446 g/mol. The zero-order valence-electron chi connectivity index (χ0n) is 19.1. The van der Waals surface area contributed by atoms with Gasteiger partial charge in [-0.05, 0) is 67.1 Å². The van der Waals surface area contributed by atoms with E-state index in [0.717, 1.165) is 59.9 Å². The molecule has 0 unspecified atom stereocenters. The molecule has 6 nitrogen and oxygen atoms in total. The number of piperidine rings is 1. The first-order chi connectivity index (χ1) is 16.7. The average Bonchev–Trinajstić information content (AvgIpc) is 3.41. The molecule has 2 aliphatic heterocycles. The predicted octanol–water partition coefficient (Wildman–Crippen LogP) is 4.28. The molecule has 1 aromatic heterocycles. The van der Waals surface area contributed by atoms with Crippen molar-refractivity contribution in [1.82, 2.24) is 10.2 Å². The van der Waals surface area contributed by atoms with E-state index < -0.39 is 0 Å². The van der Waals surface area contributed by atoms with Gasteiger partial charge in [0.05, 0.1) is 12.2 Å². The van der Waals surface area contributed by atoms with Gasteiger partial charge in [-0.25, -0.2) is 0 Å². The summed E-state index contributed by atoms with van der Waals surface area (Å²) in [4.78, 5) is 30.8. The second kappa shape index (κ2) is 10.4. The third-order valence-corrected chi connectivity index (χ3v) is 7.56. The molecule has 1 fully saturated rings. The summed E-state index contributed by atoms with van der Waals surface area (Å²) in [6.07, 6.45) is 2.01. The average molecular weight is 476 g/mol. The molecule has 1 N–H and O–H groups in total. The lowest BCUT2D eigenvalue weighted by Crippen LogP contribution is -2.45. The standard InChI is InChI=1S/C27H29N3O3S/c31-26-19-33-25-10-4-3-9-24(25)30(26)16-15-29-13-11-20(12-14-29)22-7-1-2-8-23(22)27(32)28-18-21-6-5-17-34-21/h1-10,17,20H,11-16,18-19H2,(H,28,32). The van der Waals surface area contributed by atoms with Gasteiger partial charge in [0.2, 0.25) is 0 Å². The molecule has 2 aromatic carbocycles. The summed E-state index contributed by atoms with van der Waals surface area (Å²) in [6, 6.07) is 19.8. The largest absolute Gasteiger partial charge is 0.482 e. The molecule has 0 atom stereocenters. The fraction of sp³-hybridized carbons (Fsp3) is 0.333. The molecule has 0 saturated carbocycles. The van der Waals surface area contributed by atoms with E-state index >= 15 is 0 Å². The van der Waals surface area contributed by atoms with Crippen LogP contribution in [0.2, 0.25) is 0 Å². The second-order valence-electron chi connectivity index (χ2n) is 8.77. The smallest absolute Gasteiger partial charge is 0.265 e. The molecule has 0 aliphatic carbocycles. The van der Waals surface area contributed by atoms with E-state index in [1.54, 1.807) is 11.3 Å². The number of ether oxygens (including phenoxy) is 1. The molecule has 7 heteroatoms. The van der Waals surface area contributed by atoms with Crippen LogP contribution < -0.4 is 15.0 Å². The van der Waals surface area contributed by atoms with Gasteiger partial charge >= 0.3 is 0 Å². The maximum atomic E-state index is 12.9. The number of carbonyl (C=O) groups is 2. The van der Waals surface area contributed by atoms with Gasteiger partial charge in [-0.2, -0.15) is 0 Å². The number of benzene rings is 2. The highest BCUT2D eigenvalue weighted by Crippen LogP contribution is 2.33. The van der Waals surface area contributed by atoms with E-state index in [4.69, 9.17) is 4.74 Å². The predicted molar refractivity (Wildman–Crippen MR) is 135 cm³/mol. The number of anilines is 1. The van der Waals surface area contributed by atoms with E-state index in [1.807, 2.05) is 64.9 Å². The first-order valence-corrected chi connectivity index (χ1v) is 12.7. The summed E-state index contributed by atoms with van der Waals surface area (Å²) in [6.45, 7) is 4.06. The first-order valence-electron chi connectivity index (χ1n) is 11.8. The van der Waals surface area contributed by atoms with Crippen molar-refractivity contribution in [2.75, 3.05) is 37.7 Å². The number of thiophene rings is 1. The fourth-order valence-corrected chi connectivity index (χ4v) is 5.49. The van der Waals surface area contributed by atoms with Crippen LogP contribution in [0.4, 0.5) is 5.69 Å². The summed E-state index contributed by atoms with van der Waals surface area (Å²) in [5.41, 5.74) is 2.78. The van der Waals surface area contributed by atoms with Crippen LogP contribution in [0.3, 0.4) is 0 Å². The highest BCUT2D eigenvalue weighted by molar-refractivity contribution is 7.09. The van der Waals surface area contributed by atoms with E-state index in [2.05, 4.69) is 16.3 Å². The molecule has 3 aromatic rings.